The van der Waals surface area contributed by atoms with Crippen LogP contribution in [0.15, 0.2) is 72.6 Å². The molecule has 54 heavy (non-hydrogen) atoms. The van der Waals surface area contributed by atoms with Gasteiger partial charge in [0.15, 0.2) is 33.8 Å². The van der Waals surface area contributed by atoms with Gasteiger partial charge >= 0.3 is 0 Å². The second kappa shape index (κ2) is 11.9. The van der Waals surface area contributed by atoms with Crippen LogP contribution in [-0.4, -0.2) is 44.1 Å². The van der Waals surface area contributed by atoms with Crippen LogP contribution in [0.5, 0.6) is 5.75 Å². The number of aliphatic hydroxyl groups is 1. The van der Waals surface area contributed by atoms with Gasteiger partial charge in [-0.3, -0.25) is 9.59 Å². The monoisotopic (exact) mass is 851 g/mol. The molecule has 7 heterocycles. The largest absolute Gasteiger partial charge is 0.469 e. The second-order valence-electron chi connectivity index (χ2n) is 15.4. The number of nitrogens with one attached hydrogen (secondary N) is 3. The van der Waals surface area contributed by atoms with Gasteiger partial charge in [-0.1, -0.05) is 67.9 Å². The van der Waals surface area contributed by atoms with E-state index in [0.29, 0.717) is 27.6 Å². The number of oxazole rings is 2. The van der Waals surface area contributed by atoms with Crippen LogP contribution in [0.1, 0.15) is 68.5 Å². The molecule has 10 bridgehead atoms. The zero-order chi connectivity index (χ0) is 37.4. The minimum absolute atomic E-state index is 0.126. The van der Waals surface area contributed by atoms with Crippen LogP contribution in [0.3, 0.4) is 0 Å². The molecule has 13 heteroatoms. The van der Waals surface area contributed by atoms with Crippen LogP contribution in [0.2, 0.25) is 0 Å². The third-order valence-electron chi connectivity index (χ3n) is 11.4. The summed E-state index contributed by atoms with van der Waals surface area (Å²) in [5, 5.41) is 18.7. The Morgan fingerprint density at radius 3 is 2.63 bits per heavy atom. The van der Waals surface area contributed by atoms with Crippen molar-refractivity contribution in [2.45, 2.75) is 64.3 Å². The summed E-state index contributed by atoms with van der Waals surface area (Å²) >= 11 is 7.60. The van der Waals surface area contributed by atoms with Crippen molar-refractivity contribution < 1.29 is 28.3 Å². The first-order valence-corrected chi connectivity index (χ1v) is 19.7. The van der Waals surface area contributed by atoms with E-state index >= 15 is 0 Å². The number of carbonyl (C=O) groups excluding carboxylic acids is 2. The molecule has 5 atom stereocenters. The van der Waals surface area contributed by atoms with Crippen molar-refractivity contribution >= 4 is 60.1 Å². The molecular weight excluding hydrogens is 818 g/mol. The number of H-pyrrole nitrogens is 1. The summed E-state index contributed by atoms with van der Waals surface area (Å²) in [6.07, 6.45) is 0.220. The van der Waals surface area contributed by atoms with Gasteiger partial charge in [0.25, 0.3) is 5.89 Å². The number of rotatable bonds is 5. The number of hydrogen-bond acceptors (Lipinski definition) is 9. The third-order valence-corrected chi connectivity index (χ3v) is 12.4. The van der Waals surface area contributed by atoms with Crippen molar-refractivity contribution in [2.75, 3.05) is 5.32 Å². The SMILES string of the molecule is CC(C)[C@H](O)C(=O)C[C@H]1Cc2ccc3c(c2)C24c5cc(Br)cc(c5N[C@H]2O3)-c2cccc3[nH]cc(c23)-c2oc(nc2Br)-c2nc(oc24)[C@H](C(C)C)NC1=O. The number of nitrogens with zero attached hydrogens (tertiary/aromatic N) is 2. The summed E-state index contributed by atoms with van der Waals surface area (Å²) in [7, 11) is 0. The second-order valence-corrected chi connectivity index (χ2v) is 17.1. The smallest absolute Gasteiger partial charge is 0.250 e. The van der Waals surface area contributed by atoms with Crippen LogP contribution >= 0.6 is 31.9 Å². The van der Waals surface area contributed by atoms with Crippen molar-refractivity contribution in [3.63, 3.8) is 0 Å². The van der Waals surface area contributed by atoms with Crippen molar-refractivity contribution in [2.24, 2.45) is 17.8 Å². The van der Waals surface area contributed by atoms with E-state index in [1.165, 1.54) is 0 Å². The van der Waals surface area contributed by atoms with E-state index in [1.807, 2.05) is 44.3 Å². The van der Waals surface area contributed by atoms with E-state index in [4.69, 9.17) is 23.5 Å². The minimum atomic E-state index is -1.18. The van der Waals surface area contributed by atoms with E-state index in [2.05, 4.69) is 71.7 Å². The normalized spacial score (nSPS) is 22.3. The topological polar surface area (TPSA) is 156 Å². The first kappa shape index (κ1) is 33.8. The highest BCUT2D eigenvalue weighted by atomic mass is 79.9. The highest BCUT2D eigenvalue weighted by molar-refractivity contribution is 9.10. The lowest BCUT2D eigenvalue weighted by atomic mass is 9.72. The number of amides is 1. The summed E-state index contributed by atoms with van der Waals surface area (Å²) in [4.78, 5) is 41.1. The molecule has 0 saturated carbocycles. The number of ether oxygens (including phenoxy) is 1. The van der Waals surface area contributed by atoms with Gasteiger partial charge in [-0.2, -0.15) is 0 Å². The number of aromatic amines is 1. The van der Waals surface area contributed by atoms with E-state index in [1.54, 1.807) is 13.8 Å². The zero-order valence-corrected chi connectivity index (χ0v) is 32.9. The molecule has 3 aromatic carbocycles. The molecule has 3 aromatic heterocycles. The molecule has 11 nitrogen and oxygen atoms in total. The molecule has 4 aliphatic heterocycles. The Morgan fingerprint density at radius 1 is 1.00 bits per heavy atom. The maximum atomic E-state index is 14.3. The van der Waals surface area contributed by atoms with Crippen LogP contribution in [0.4, 0.5) is 5.69 Å². The van der Waals surface area contributed by atoms with E-state index in [9.17, 15) is 14.7 Å². The Labute approximate surface area is 326 Å². The molecule has 274 valence electrons. The fourth-order valence-corrected chi connectivity index (χ4v) is 9.69. The quantitative estimate of drug-likeness (QED) is 0.134. The average molecular weight is 854 g/mol. The number of aliphatic hydroxyl groups excluding tert-OH is 1. The number of halogens is 2. The summed E-state index contributed by atoms with van der Waals surface area (Å²) in [6, 6.07) is 15.6. The molecule has 0 fully saturated rings. The predicted octanol–water partition coefficient (Wildman–Crippen LogP) is 8.42. The zero-order valence-electron chi connectivity index (χ0n) is 29.7. The Bertz CT molecular complexity index is 2590. The molecule has 6 aromatic rings. The number of hydrogen-bond donors (Lipinski definition) is 4. The number of aromatic nitrogens is 3. The predicted molar refractivity (Wildman–Crippen MR) is 208 cm³/mol. The molecule has 4 N–H and O–H groups in total. The van der Waals surface area contributed by atoms with Gasteiger partial charge in [0.1, 0.15) is 23.3 Å². The standard InChI is InChI=1S/C41H35Br2N5O6/c1-16(2)30-38-46-32-35(54-38)41-24-11-18(10-19(37(51)45-30)12-27(49)33(50)17(3)4)8-9-28(24)52-40(41)47-31-22(13-20(42)14-25(31)41)21-6-5-7-26-29(21)23(15-44-26)34-36(43)48-39(32)53-34/h5-9,11,13-17,19,30,33,40,44,47,50H,10,12H2,1-4H3,(H,45,51)/t19-,30+,33+,40+,41?/m1/s1. The maximum absolute atomic E-state index is 14.3. The summed E-state index contributed by atoms with van der Waals surface area (Å²) in [5.41, 5.74) is 6.43. The molecule has 0 saturated heterocycles. The molecule has 0 radical (unpaired) electrons. The number of ketones is 1. The first-order valence-electron chi connectivity index (χ1n) is 18.1. The Balaban J connectivity index is 1.30. The Hall–Kier alpha value is -4.72. The molecule has 4 aliphatic rings. The van der Waals surface area contributed by atoms with E-state index < -0.39 is 29.7 Å². The highest BCUT2D eigenvalue weighted by Crippen LogP contribution is 2.62. The van der Waals surface area contributed by atoms with Crippen molar-refractivity contribution in [3.05, 3.63) is 92.1 Å². The summed E-state index contributed by atoms with van der Waals surface area (Å²) < 4.78 is 22.0. The lowest BCUT2D eigenvalue weighted by Gasteiger charge is -2.29. The number of fused-ring (bicyclic) bond motifs is 7. The van der Waals surface area contributed by atoms with E-state index in [-0.39, 0.29) is 48.1 Å². The average Bonchev–Trinajstić information content (AvgIpc) is 3.95. The number of benzene rings is 3. The molecule has 1 amide bonds. The Morgan fingerprint density at radius 2 is 1.83 bits per heavy atom. The van der Waals surface area contributed by atoms with Gasteiger partial charge in [0, 0.05) is 61.9 Å². The van der Waals surface area contributed by atoms with Gasteiger partial charge in [-0.15, -0.1) is 0 Å². The third kappa shape index (κ3) is 4.67. The van der Waals surface area contributed by atoms with Gasteiger partial charge in [0.05, 0.1) is 0 Å². The fraction of sp³-hybridized carbons (Fsp3) is 0.317. The van der Waals surface area contributed by atoms with Crippen LogP contribution in [-0.2, 0) is 21.4 Å². The number of Topliss-reactive ketones (excluding diaryl/α,β-unsaturated/α-hetero) is 1. The van der Waals surface area contributed by atoms with Gasteiger partial charge < -0.3 is 34.3 Å². The van der Waals surface area contributed by atoms with Gasteiger partial charge in [0.2, 0.25) is 11.8 Å². The first-order chi connectivity index (χ1) is 25.9. The lowest BCUT2D eigenvalue weighted by Crippen LogP contribution is -2.41. The highest BCUT2D eigenvalue weighted by Gasteiger charge is 2.62. The van der Waals surface area contributed by atoms with Crippen molar-refractivity contribution in [1.29, 1.82) is 0 Å². The summed E-state index contributed by atoms with van der Waals surface area (Å²) in [5.74, 6) is 0.244. The van der Waals surface area contributed by atoms with Crippen LogP contribution in [0.25, 0.3) is 44.9 Å². The molecule has 1 unspecified atom stereocenters. The maximum Gasteiger partial charge on any atom is 0.250 e. The lowest BCUT2D eigenvalue weighted by molar-refractivity contribution is -0.135. The molecule has 1 spiro atoms. The van der Waals surface area contributed by atoms with Gasteiger partial charge in [-0.05, 0) is 69.6 Å². The minimum Gasteiger partial charge on any atom is -0.469 e. The fourth-order valence-electron chi connectivity index (χ4n) is 8.78. The van der Waals surface area contributed by atoms with Crippen molar-refractivity contribution in [1.82, 2.24) is 20.3 Å². The molecule has 10 rings (SSSR count). The molecular formula is C41H35Br2N5O6. The van der Waals surface area contributed by atoms with Crippen LogP contribution < -0.4 is 15.4 Å². The van der Waals surface area contributed by atoms with Crippen molar-refractivity contribution in [3.8, 4) is 39.8 Å². The van der Waals surface area contributed by atoms with E-state index in [0.717, 1.165) is 54.4 Å². The van der Waals surface area contributed by atoms with Crippen LogP contribution in [0, 0.1) is 17.8 Å². The molecule has 0 aliphatic carbocycles. The number of anilines is 1. The van der Waals surface area contributed by atoms with Gasteiger partial charge in [-0.25, -0.2) is 9.97 Å². The number of carbonyl (C=O) groups is 2. The summed E-state index contributed by atoms with van der Waals surface area (Å²) in [6.45, 7) is 7.54. The Kier molecular flexibility index (Phi) is 7.45.